The Morgan fingerprint density at radius 1 is 0.500 bits per heavy atom. The van der Waals surface area contributed by atoms with Gasteiger partial charge >= 0.3 is 0 Å². The third-order valence-electron chi connectivity index (χ3n) is 0. The number of rotatable bonds is 0. The van der Waals surface area contributed by atoms with Gasteiger partial charge in [-0.3, -0.25) is 0 Å². The van der Waals surface area contributed by atoms with E-state index in [4.69, 9.17) is 0 Å². The molecule has 0 N–H and O–H groups in total. The average Bonchev–Trinajstić information content (AvgIpc) is 0. The summed E-state index contributed by atoms with van der Waals surface area (Å²) in [6, 6.07) is 0. The third kappa shape index (κ3) is 10.7. The molecule has 0 spiro atoms. The predicted molar refractivity (Wildman–Crippen MR) is 1.37 cm³/mol. The zero-order chi connectivity index (χ0) is 0. The predicted octanol–water partition coefficient (Wildman–Crippen LogP) is -0.243. The van der Waals surface area contributed by atoms with Crippen molar-refractivity contribution >= 4 is 0 Å². The summed E-state index contributed by atoms with van der Waals surface area (Å²) < 4.78 is 0. The van der Waals surface area contributed by atoms with E-state index in [2.05, 4.69) is 0 Å². The molecule has 0 aromatic heterocycles. The van der Waals surface area contributed by atoms with E-state index < -0.39 is 0 Å². The molecule has 0 saturated carbocycles. The zero-order valence-electron chi connectivity index (χ0n) is 1.48. The van der Waals surface area contributed by atoms with Crippen molar-refractivity contribution in [3.8, 4) is 0 Å². The van der Waals surface area contributed by atoms with Gasteiger partial charge in [0, 0.05) is 40.2 Å². The van der Waals surface area contributed by atoms with Gasteiger partial charge in [-0.1, -0.05) is 0 Å². The first-order valence-corrected chi connectivity index (χ1v) is 0. The Hall–Kier alpha value is 1.22. The summed E-state index contributed by atoms with van der Waals surface area (Å²) in [5.41, 5.74) is 0. The van der Waals surface area contributed by atoms with Gasteiger partial charge in [0.25, 0.3) is 0 Å². The number of hydrogen-bond acceptors (Lipinski definition) is 0. The molecule has 0 aromatic carbocycles. The molecule has 0 aromatic rings. The number of hydrogen-bond donors (Lipinski definition) is 0. The summed E-state index contributed by atoms with van der Waals surface area (Å²) in [6.45, 7) is 0. The molecule has 4 heteroatoms. The van der Waals surface area contributed by atoms with Gasteiger partial charge in [0.05, 0.1) is 0 Å². The molecular weight excluding hydrogens is 416 g/mol. The molecule has 2 radical (unpaired) electrons. The fraction of sp³-hybridized carbons (Fsp3) is 0. The molecular formula is Ir2O2-4. The Kier molecular flexibility index (Phi) is 460. The molecule has 0 fully saturated rings. The van der Waals surface area contributed by atoms with Crippen molar-refractivity contribution in [3.63, 3.8) is 0 Å². The Bertz CT molecular complexity index is 4.00. The van der Waals surface area contributed by atoms with E-state index in [0.29, 0.717) is 0 Å². The van der Waals surface area contributed by atoms with E-state index in [9.17, 15) is 0 Å². The van der Waals surface area contributed by atoms with E-state index in [0.717, 1.165) is 0 Å². The minimum Gasteiger partial charge on any atom is -2.00 e. The molecule has 34 valence electrons. The van der Waals surface area contributed by atoms with Gasteiger partial charge in [-0.2, -0.15) is 0 Å². The van der Waals surface area contributed by atoms with Crippen molar-refractivity contribution < 1.29 is 51.2 Å². The van der Waals surface area contributed by atoms with Crippen LogP contribution in [0.15, 0.2) is 0 Å². The van der Waals surface area contributed by atoms with Gasteiger partial charge in [-0.15, -0.1) is 0 Å². The summed E-state index contributed by atoms with van der Waals surface area (Å²) in [4.78, 5) is 0. The van der Waals surface area contributed by atoms with Gasteiger partial charge in [-0.25, -0.2) is 0 Å². The van der Waals surface area contributed by atoms with E-state index in [-0.39, 0.29) is 51.2 Å². The Balaban J connectivity index is 0. The summed E-state index contributed by atoms with van der Waals surface area (Å²) in [5, 5.41) is 0. The Morgan fingerprint density at radius 2 is 0.500 bits per heavy atom. The second kappa shape index (κ2) is 29.4. The first-order valence-electron chi connectivity index (χ1n) is 0. The SMILES string of the molecule is [Ir].[Ir].[O-2].[O-2]. The minimum absolute atomic E-state index is 0. The van der Waals surface area contributed by atoms with Crippen molar-refractivity contribution in [1.82, 2.24) is 0 Å². The van der Waals surface area contributed by atoms with Crippen LogP contribution in [0.1, 0.15) is 0 Å². The summed E-state index contributed by atoms with van der Waals surface area (Å²) >= 11 is 0. The van der Waals surface area contributed by atoms with Crippen molar-refractivity contribution in [3.05, 3.63) is 0 Å². The van der Waals surface area contributed by atoms with Crippen molar-refractivity contribution in [2.75, 3.05) is 0 Å². The summed E-state index contributed by atoms with van der Waals surface area (Å²) in [7, 11) is 0. The maximum atomic E-state index is 0. The molecule has 0 aliphatic carbocycles. The third-order valence-corrected chi connectivity index (χ3v) is 0. The molecule has 0 saturated heterocycles. The van der Waals surface area contributed by atoms with Crippen LogP contribution in [0, 0.1) is 0 Å². The van der Waals surface area contributed by atoms with Gasteiger partial charge < -0.3 is 11.0 Å². The van der Waals surface area contributed by atoms with Crippen LogP contribution in [0.25, 0.3) is 0 Å². The monoisotopic (exact) mass is 418 g/mol. The molecule has 4 heavy (non-hydrogen) atoms. The van der Waals surface area contributed by atoms with Gasteiger partial charge in [-0.05, 0) is 0 Å². The van der Waals surface area contributed by atoms with Crippen LogP contribution >= 0.6 is 0 Å². The van der Waals surface area contributed by atoms with Gasteiger partial charge in [0.2, 0.25) is 0 Å². The molecule has 0 unspecified atom stereocenters. The Morgan fingerprint density at radius 3 is 0.500 bits per heavy atom. The van der Waals surface area contributed by atoms with Crippen LogP contribution in [0.4, 0.5) is 0 Å². The van der Waals surface area contributed by atoms with Crippen LogP contribution in [0.2, 0.25) is 0 Å². The molecule has 0 atom stereocenters. The zero-order valence-corrected chi connectivity index (χ0v) is 6.27. The second-order valence-electron chi connectivity index (χ2n) is 0. The van der Waals surface area contributed by atoms with Gasteiger partial charge in [0.1, 0.15) is 0 Å². The normalized spacial score (nSPS) is 0. The van der Waals surface area contributed by atoms with Crippen LogP contribution in [0.5, 0.6) is 0 Å². The summed E-state index contributed by atoms with van der Waals surface area (Å²) in [5.74, 6) is 0. The topological polar surface area (TPSA) is 57.0 Å². The second-order valence-corrected chi connectivity index (χ2v) is 0. The fourth-order valence-corrected chi connectivity index (χ4v) is 0. The van der Waals surface area contributed by atoms with Crippen LogP contribution in [-0.4, -0.2) is 0 Å². The Labute approximate surface area is 51.3 Å². The van der Waals surface area contributed by atoms with E-state index in [1.807, 2.05) is 0 Å². The minimum atomic E-state index is 0. The van der Waals surface area contributed by atoms with E-state index in [1.54, 1.807) is 0 Å². The van der Waals surface area contributed by atoms with Crippen LogP contribution in [-0.2, 0) is 51.2 Å². The molecule has 2 nitrogen and oxygen atoms in total. The molecule has 0 aliphatic heterocycles. The van der Waals surface area contributed by atoms with Crippen molar-refractivity contribution in [2.45, 2.75) is 0 Å². The molecule has 0 amide bonds. The average molecular weight is 416 g/mol. The van der Waals surface area contributed by atoms with Crippen LogP contribution in [0.3, 0.4) is 0 Å². The largest absolute Gasteiger partial charge is 2.00 e. The molecule has 0 rings (SSSR count). The quantitative estimate of drug-likeness (QED) is 0.524. The smallest absolute Gasteiger partial charge is 0 e. The first-order chi connectivity index (χ1) is 0. The maximum absolute atomic E-state index is 0. The van der Waals surface area contributed by atoms with E-state index >= 15 is 0 Å². The van der Waals surface area contributed by atoms with E-state index in [1.165, 1.54) is 0 Å². The molecule has 0 aliphatic rings. The summed E-state index contributed by atoms with van der Waals surface area (Å²) in [6.07, 6.45) is 0. The fourth-order valence-electron chi connectivity index (χ4n) is 0. The standard InChI is InChI=1S/2Ir.2O/q;;2*-2. The van der Waals surface area contributed by atoms with Crippen molar-refractivity contribution in [2.24, 2.45) is 0 Å². The molecule has 0 heterocycles. The maximum Gasteiger partial charge on any atom is 0 e. The van der Waals surface area contributed by atoms with Gasteiger partial charge in [0.15, 0.2) is 0 Å². The molecule has 0 bridgehead atoms. The first kappa shape index (κ1) is 62.5. The van der Waals surface area contributed by atoms with Crippen molar-refractivity contribution in [1.29, 1.82) is 0 Å². The van der Waals surface area contributed by atoms with Crippen LogP contribution < -0.4 is 0 Å².